The van der Waals surface area contributed by atoms with Gasteiger partial charge in [0.25, 0.3) is 0 Å². The molecule has 3 nitrogen and oxygen atoms in total. The monoisotopic (exact) mass is 697 g/mol. The summed E-state index contributed by atoms with van der Waals surface area (Å²) < 4.78 is 37.7. The lowest BCUT2D eigenvalue weighted by atomic mass is 9.67. The van der Waals surface area contributed by atoms with Crippen LogP contribution in [-0.4, -0.2) is 15.0 Å². The fraction of sp³-hybridized carbons (Fsp3) is 0.118. The minimum Gasteiger partial charge on any atom is -0.208 e. The summed E-state index contributed by atoms with van der Waals surface area (Å²) >= 11 is 0. The van der Waals surface area contributed by atoms with Crippen molar-refractivity contribution in [3.8, 4) is 78.7 Å². The Morgan fingerprint density at radius 3 is 1.52 bits per heavy atom. The van der Waals surface area contributed by atoms with Crippen LogP contribution in [0.25, 0.3) is 78.7 Å². The van der Waals surface area contributed by atoms with Gasteiger partial charge in [-0.25, -0.2) is 15.0 Å². The van der Waals surface area contributed by atoms with Crippen LogP contribution in [0.5, 0.6) is 0 Å². The molecule has 8 aromatic rings. The SMILES string of the molecule is [2H]C1([2H])CCCC([2H])([2H])C12c1ccccc1-c1ccc(-c3cccc(-c4ccc(-c5nc(-c6ccccc6)nc(-c6ccccc6)n5)cc4-c4ccccc4)c3)cc12. The lowest BCUT2D eigenvalue weighted by Gasteiger charge is -2.36. The van der Waals surface area contributed by atoms with Gasteiger partial charge in [0.1, 0.15) is 0 Å². The molecule has 0 saturated heterocycles. The van der Waals surface area contributed by atoms with E-state index in [0.717, 1.165) is 72.3 Å². The van der Waals surface area contributed by atoms with Crippen molar-refractivity contribution in [2.75, 3.05) is 0 Å². The average molecular weight is 698 g/mol. The zero-order valence-electron chi connectivity index (χ0n) is 33.7. The second kappa shape index (κ2) is 13.5. The van der Waals surface area contributed by atoms with Gasteiger partial charge >= 0.3 is 0 Å². The molecule has 1 saturated carbocycles. The average Bonchev–Trinajstić information content (AvgIpc) is 3.58. The van der Waals surface area contributed by atoms with Gasteiger partial charge in [0.05, 0.1) is 0 Å². The van der Waals surface area contributed by atoms with Crippen molar-refractivity contribution in [3.05, 3.63) is 187 Å². The third-order valence-corrected chi connectivity index (χ3v) is 10.7. The first-order valence-electron chi connectivity index (χ1n) is 20.7. The Labute approximate surface area is 322 Å². The van der Waals surface area contributed by atoms with Crippen LogP contribution < -0.4 is 0 Å². The van der Waals surface area contributed by atoms with Crippen molar-refractivity contribution in [2.45, 2.75) is 37.4 Å². The molecule has 0 unspecified atom stereocenters. The number of hydrogen-bond acceptors (Lipinski definition) is 3. The van der Waals surface area contributed by atoms with Crippen LogP contribution in [0.2, 0.25) is 0 Å². The van der Waals surface area contributed by atoms with Crippen molar-refractivity contribution in [3.63, 3.8) is 0 Å². The molecule has 0 aliphatic heterocycles. The van der Waals surface area contributed by atoms with Gasteiger partial charge in [-0.1, -0.05) is 177 Å². The molecule has 2 aliphatic carbocycles. The molecule has 7 aromatic carbocycles. The van der Waals surface area contributed by atoms with Gasteiger partial charge < -0.3 is 0 Å². The number of benzene rings is 7. The van der Waals surface area contributed by atoms with E-state index in [1.807, 2.05) is 103 Å². The molecular weight excluding hydrogens is 655 g/mol. The summed E-state index contributed by atoms with van der Waals surface area (Å²) in [5.74, 6) is 1.80. The van der Waals surface area contributed by atoms with E-state index >= 15 is 0 Å². The van der Waals surface area contributed by atoms with Gasteiger partial charge in [0, 0.05) is 27.6 Å². The maximum atomic E-state index is 9.42. The molecule has 1 heterocycles. The predicted octanol–water partition coefficient (Wildman–Crippen LogP) is 13.1. The second-order valence-electron chi connectivity index (χ2n) is 14.0. The van der Waals surface area contributed by atoms with E-state index in [2.05, 4.69) is 72.8 Å². The number of rotatable bonds is 6. The Kier molecular flexibility index (Phi) is 7.03. The van der Waals surface area contributed by atoms with Crippen LogP contribution in [0.3, 0.4) is 0 Å². The van der Waals surface area contributed by atoms with Gasteiger partial charge in [-0.15, -0.1) is 0 Å². The van der Waals surface area contributed by atoms with Crippen molar-refractivity contribution in [2.24, 2.45) is 0 Å². The molecule has 0 N–H and O–H groups in total. The number of hydrogen-bond donors (Lipinski definition) is 0. The molecule has 3 heteroatoms. The van der Waals surface area contributed by atoms with Gasteiger partial charge in [0.15, 0.2) is 17.5 Å². The number of aromatic nitrogens is 3. The van der Waals surface area contributed by atoms with Crippen molar-refractivity contribution in [1.82, 2.24) is 15.0 Å². The van der Waals surface area contributed by atoms with Crippen LogP contribution in [0, 0.1) is 0 Å². The maximum absolute atomic E-state index is 9.42. The number of fused-ring (bicyclic) bond motifs is 5. The largest absolute Gasteiger partial charge is 0.208 e. The molecule has 0 radical (unpaired) electrons. The normalized spacial score (nSPS) is 17.0. The highest BCUT2D eigenvalue weighted by molar-refractivity contribution is 5.89. The Bertz CT molecular complexity index is 2750. The summed E-state index contributed by atoms with van der Waals surface area (Å²) in [5, 5.41) is 0. The van der Waals surface area contributed by atoms with Gasteiger partial charge in [0.2, 0.25) is 0 Å². The van der Waals surface area contributed by atoms with Crippen LogP contribution >= 0.6 is 0 Å². The van der Waals surface area contributed by atoms with Crippen molar-refractivity contribution < 1.29 is 5.48 Å². The van der Waals surface area contributed by atoms with Gasteiger partial charge in [-0.3, -0.25) is 0 Å². The Morgan fingerprint density at radius 1 is 0.333 bits per heavy atom. The van der Waals surface area contributed by atoms with E-state index in [-0.39, 0.29) is 0 Å². The lowest BCUT2D eigenvalue weighted by molar-refractivity contribution is 0.353. The van der Waals surface area contributed by atoms with Crippen LogP contribution in [0.15, 0.2) is 176 Å². The van der Waals surface area contributed by atoms with Gasteiger partial charge in [-0.05, 0) is 86.6 Å². The first kappa shape index (κ1) is 28.1. The van der Waals surface area contributed by atoms with Crippen LogP contribution in [0.4, 0.5) is 0 Å². The maximum Gasteiger partial charge on any atom is 0.164 e. The summed E-state index contributed by atoms with van der Waals surface area (Å²) in [6, 6.07) is 59.3. The molecule has 10 rings (SSSR count). The fourth-order valence-corrected chi connectivity index (χ4v) is 8.14. The summed E-state index contributed by atoms with van der Waals surface area (Å²) in [5.41, 5.74) is 10.7. The lowest BCUT2D eigenvalue weighted by Crippen LogP contribution is -2.28. The molecule has 1 fully saturated rings. The van der Waals surface area contributed by atoms with Crippen LogP contribution in [-0.2, 0) is 5.41 Å². The minimum atomic E-state index is -1.77. The van der Waals surface area contributed by atoms with E-state index < -0.39 is 18.2 Å². The first-order chi connectivity index (χ1) is 28.2. The molecule has 258 valence electrons. The standard InChI is InChI=1S/C51H39N3/c1-5-16-35(17-6-1)45-33-41(50-53-48(36-18-7-2-8-19-36)52-49(54-50)37-20-9-3-10-21-37)27-28-42(45)40-23-15-22-38(32-40)39-26-29-44-43-24-11-12-25-46(43)51(47(44)34-39)30-13-4-14-31-51/h1-3,5-12,15-29,32-34H,4,13-14,30-31H2/i30D2,31D2. The van der Waals surface area contributed by atoms with E-state index in [0.29, 0.717) is 36.7 Å². The number of nitrogens with zero attached hydrogens (tertiary/aromatic N) is 3. The minimum absolute atomic E-state index is 0.309. The fourth-order valence-electron chi connectivity index (χ4n) is 8.14. The quantitative estimate of drug-likeness (QED) is 0.174. The highest BCUT2D eigenvalue weighted by Crippen LogP contribution is 2.56. The summed E-state index contributed by atoms with van der Waals surface area (Å²) in [6.45, 7) is 0. The zero-order chi connectivity index (χ0) is 39.5. The predicted molar refractivity (Wildman–Crippen MR) is 222 cm³/mol. The Hall–Kier alpha value is -6.45. The molecule has 1 aromatic heterocycles. The highest BCUT2D eigenvalue weighted by Gasteiger charge is 2.43. The molecule has 0 atom stereocenters. The van der Waals surface area contributed by atoms with Crippen molar-refractivity contribution in [1.29, 1.82) is 0 Å². The molecule has 0 amide bonds. The Balaban J connectivity index is 1.11. The molecule has 54 heavy (non-hydrogen) atoms. The molecular formula is C51H39N3. The molecule has 1 spiro atoms. The second-order valence-corrected chi connectivity index (χ2v) is 14.0. The summed E-state index contributed by atoms with van der Waals surface area (Å²) in [7, 11) is 0. The van der Waals surface area contributed by atoms with E-state index in [1.54, 1.807) is 0 Å². The first-order valence-corrected chi connectivity index (χ1v) is 18.7. The van der Waals surface area contributed by atoms with E-state index in [9.17, 15) is 5.48 Å². The van der Waals surface area contributed by atoms with Crippen LogP contribution in [0.1, 0.15) is 48.6 Å². The molecule has 0 bridgehead atoms. The third kappa shape index (κ3) is 5.64. The smallest absolute Gasteiger partial charge is 0.164 e. The topological polar surface area (TPSA) is 38.7 Å². The van der Waals surface area contributed by atoms with E-state index in [4.69, 9.17) is 15.0 Å². The van der Waals surface area contributed by atoms with Crippen molar-refractivity contribution >= 4 is 0 Å². The summed E-state index contributed by atoms with van der Waals surface area (Å²) in [4.78, 5) is 14.9. The third-order valence-electron chi connectivity index (χ3n) is 10.7. The zero-order valence-corrected chi connectivity index (χ0v) is 29.7. The Morgan fingerprint density at radius 2 is 0.833 bits per heavy atom. The summed E-state index contributed by atoms with van der Waals surface area (Å²) in [6.07, 6.45) is -2.41. The van der Waals surface area contributed by atoms with E-state index in [1.165, 1.54) is 0 Å². The highest BCUT2D eigenvalue weighted by atomic mass is 15.0. The van der Waals surface area contributed by atoms with Gasteiger partial charge in [-0.2, -0.15) is 0 Å². The molecule has 2 aliphatic rings.